The number of nitrogens with two attached hydrogens (primary N) is 1. The summed E-state index contributed by atoms with van der Waals surface area (Å²) in [6.07, 6.45) is 2.74. The molecule has 0 amide bonds. The molecule has 0 bridgehead atoms. The minimum atomic E-state index is 0.184. The second-order valence-electron chi connectivity index (χ2n) is 5.27. The summed E-state index contributed by atoms with van der Waals surface area (Å²) in [6.45, 7) is 2.14. The monoisotopic (exact) mass is 322 g/mol. The fraction of sp³-hybridized carbons (Fsp3) is 0.294. The van der Waals surface area contributed by atoms with E-state index < -0.39 is 0 Å². The molecule has 2 aromatic carbocycles. The lowest BCUT2D eigenvalue weighted by atomic mass is 9.97. The van der Waals surface area contributed by atoms with Gasteiger partial charge in [0.25, 0.3) is 0 Å². The summed E-state index contributed by atoms with van der Waals surface area (Å²) in [5.41, 5.74) is 6.63. The molecule has 0 radical (unpaired) electrons. The summed E-state index contributed by atoms with van der Waals surface area (Å²) >= 11 is 12.1. The maximum absolute atomic E-state index is 6.22. The molecule has 0 aliphatic rings. The third-order valence-electron chi connectivity index (χ3n) is 3.74. The second-order valence-corrected chi connectivity index (χ2v) is 6.11. The van der Waals surface area contributed by atoms with Crippen LogP contribution in [0.2, 0.25) is 10.0 Å². The van der Waals surface area contributed by atoms with Crippen LogP contribution >= 0.6 is 23.2 Å². The number of hydrogen-bond acceptors (Lipinski definition) is 2. The first-order chi connectivity index (χ1) is 10.1. The summed E-state index contributed by atoms with van der Waals surface area (Å²) in [7, 11) is 0. The fourth-order valence-corrected chi connectivity index (χ4v) is 2.90. The molecule has 0 aliphatic heterocycles. The molecular formula is C17H20Cl2N2. The van der Waals surface area contributed by atoms with Gasteiger partial charge >= 0.3 is 0 Å². The van der Waals surface area contributed by atoms with Crippen LogP contribution in [0.15, 0.2) is 42.5 Å². The maximum Gasteiger partial charge on any atom is 0.0453 e. The molecule has 3 N–H and O–H groups in total. The van der Waals surface area contributed by atoms with E-state index in [1.54, 1.807) is 6.07 Å². The number of halogens is 2. The fourth-order valence-electron chi connectivity index (χ4n) is 2.42. The highest BCUT2D eigenvalue weighted by Gasteiger charge is 2.11. The first kappa shape index (κ1) is 16.3. The number of rotatable bonds is 6. The Labute approximate surface area is 136 Å². The quantitative estimate of drug-likeness (QED) is 0.614. The predicted molar refractivity (Wildman–Crippen MR) is 90.8 cm³/mol. The van der Waals surface area contributed by atoms with Crippen molar-refractivity contribution in [2.75, 3.05) is 0 Å². The van der Waals surface area contributed by atoms with E-state index in [1.165, 1.54) is 11.1 Å². The average Bonchev–Trinajstić information content (AvgIpc) is 2.47. The molecule has 4 heteroatoms. The number of benzene rings is 2. The van der Waals surface area contributed by atoms with Crippen LogP contribution in [0, 0.1) is 6.92 Å². The van der Waals surface area contributed by atoms with Crippen molar-refractivity contribution >= 4 is 23.2 Å². The summed E-state index contributed by atoms with van der Waals surface area (Å²) in [6, 6.07) is 14.2. The average molecular weight is 323 g/mol. The van der Waals surface area contributed by atoms with Crippen LogP contribution in [0.3, 0.4) is 0 Å². The minimum absolute atomic E-state index is 0.184. The molecular weight excluding hydrogens is 303 g/mol. The summed E-state index contributed by atoms with van der Waals surface area (Å²) in [5, 5.41) is 1.35. The van der Waals surface area contributed by atoms with Crippen molar-refractivity contribution in [3.63, 3.8) is 0 Å². The number of nitrogens with one attached hydrogen (secondary N) is 1. The number of hydrogen-bond donors (Lipinski definition) is 2. The van der Waals surface area contributed by atoms with Crippen molar-refractivity contribution in [2.24, 2.45) is 5.84 Å². The van der Waals surface area contributed by atoms with Crippen LogP contribution in [0.25, 0.3) is 0 Å². The first-order valence-electron chi connectivity index (χ1n) is 7.04. The van der Waals surface area contributed by atoms with Gasteiger partial charge in [-0.05, 0) is 55.0 Å². The molecule has 0 aliphatic carbocycles. The third kappa shape index (κ3) is 4.72. The molecule has 2 rings (SSSR count). The van der Waals surface area contributed by atoms with Crippen LogP contribution in [0.5, 0.6) is 0 Å². The zero-order valence-corrected chi connectivity index (χ0v) is 13.6. The lowest BCUT2D eigenvalue weighted by molar-refractivity contribution is 0.491. The molecule has 0 fully saturated rings. The van der Waals surface area contributed by atoms with Crippen molar-refractivity contribution in [3.05, 3.63) is 69.2 Å². The Hall–Kier alpha value is -1.06. The van der Waals surface area contributed by atoms with Crippen molar-refractivity contribution in [3.8, 4) is 0 Å². The van der Waals surface area contributed by atoms with E-state index in [2.05, 4.69) is 36.6 Å². The largest absolute Gasteiger partial charge is 0.271 e. The van der Waals surface area contributed by atoms with Gasteiger partial charge in [-0.15, -0.1) is 0 Å². The van der Waals surface area contributed by atoms with Gasteiger partial charge in [-0.25, -0.2) is 0 Å². The highest BCUT2D eigenvalue weighted by atomic mass is 35.5. The number of aryl methyl sites for hydroxylation is 2. The van der Waals surface area contributed by atoms with Crippen molar-refractivity contribution in [1.82, 2.24) is 5.43 Å². The van der Waals surface area contributed by atoms with Crippen molar-refractivity contribution in [1.29, 1.82) is 0 Å². The van der Waals surface area contributed by atoms with E-state index in [0.717, 1.165) is 24.8 Å². The van der Waals surface area contributed by atoms with E-state index in [-0.39, 0.29) is 6.04 Å². The standard InChI is InChI=1S/C17H20Cl2N2/c1-12-4-2-3-5-13(12)7-9-16(21-20)10-14-6-8-15(18)11-17(14)19/h2-6,8,11,16,21H,7,9-10,20H2,1H3. The molecule has 2 aromatic rings. The van der Waals surface area contributed by atoms with E-state index in [4.69, 9.17) is 29.0 Å². The maximum atomic E-state index is 6.22. The molecule has 1 unspecified atom stereocenters. The summed E-state index contributed by atoms with van der Waals surface area (Å²) in [5.74, 6) is 5.68. The Kier molecular flexibility index (Phi) is 6.07. The van der Waals surface area contributed by atoms with Gasteiger partial charge in [0.15, 0.2) is 0 Å². The smallest absolute Gasteiger partial charge is 0.0453 e. The van der Waals surface area contributed by atoms with Crippen LogP contribution in [0.1, 0.15) is 23.1 Å². The zero-order chi connectivity index (χ0) is 15.2. The summed E-state index contributed by atoms with van der Waals surface area (Å²) in [4.78, 5) is 0. The van der Waals surface area contributed by atoms with Gasteiger partial charge in [0.05, 0.1) is 0 Å². The molecule has 0 saturated carbocycles. The van der Waals surface area contributed by atoms with Crippen LogP contribution in [-0.2, 0) is 12.8 Å². The molecule has 0 spiro atoms. The first-order valence-corrected chi connectivity index (χ1v) is 7.80. The van der Waals surface area contributed by atoms with E-state index >= 15 is 0 Å². The third-order valence-corrected chi connectivity index (χ3v) is 4.33. The van der Waals surface area contributed by atoms with Gasteiger partial charge < -0.3 is 0 Å². The Balaban J connectivity index is 1.99. The zero-order valence-electron chi connectivity index (χ0n) is 12.1. The lowest BCUT2D eigenvalue weighted by Crippen LogP contribution is -2.37. The molecule has 2 nitrogen and oxygen atoms in total. The van der Waals surface area contributed by atoms with Gasteiger partial charge in [0.2, 0.25) is 0 Å². The molecule has 0 heterocycles. The van der Waals surface area contributed by atoms with E-state index in [1.807, 2.05) is 12.1 Å². The molecule has 0 saturated heterocycles. The normalized spacial score (nSPS) is 12.4. The highest BCUT2D eigenvalue weighted by Crippen LogP contribution is 2.23. The molecule has 112 valence electrons. The second kappa shape index (κ2) is 7.81. The van der Waals surface area contributed by atoms with Gasteiger partial charge in [0.1, 0.15) is 0 Å². The van der Waals surface area contributed by atoms with Crippen LogP contribution in [-0.4, -0.2) is 6.04 Å². The van der Waals surface area contributed by atoms with E-state index in [0.29, 0.717) is 10.0 Å². The topological polar surface area (TPSA) is 38.0 Å². The SMILES string of the molecule is Cc1ccccc1CCC(Cc1ccc(Cl)cc1Cl)NN. The van der Waals surface area contributed by atoms with Crippen LogP contribution < -0.4 is 11.3 Å². The van der Waals surface area contributed by atoms with Gasteiger partial charge in [-0.3, -0.25) is 11.3 Å². The Morgan fingerprint density at radius 1 is 1.10 bits per heavy atom. The molecule has 0 aromatic heterocycles. The Morgan fingerprint density at radius 2 is 1.86 bits per heavy atom. The molecule has 1 atom stereocenters. The van der Waals surface area contributed by atoms with Crippen molar-refractivity contribution < 1.29 is 0 Å². The van der Waals surface area contributed by atoms with Gasteiger partial charge in [0, 0.05) is 16.1 Å². The highest BCUT2D eigenvalue weighted by molar-refractivity contribution is 6.35. The van der Waals surface area contributed by atoms with Gasteiger partial charge in [-0.1, -0.05) is 53.5 Å². The predicted octanol–water partition coefficient (Wildman–Crippen LogP) is 4.31. The number of hydrazine groups is 1. The minimum Gasteiger partial charge on any atom is -0.271 e. The molecule has 21 heavy (non-hydrogen) atoms. The Morgan fingerprint density at radius 3 is 2.52 bits per heavy atom. The Bertz CT molecular complexity index is 599. The van der Waals surface area contributed by atoms with Crippen LogP contribution in [0.4, 0.5) is 0 Å². The summed E-state index contributed by atoms with van der Waals surface area (Å²) < 4.78 is 0. The lowest BCUT2D eigenvalue weighted by Gasteiger charge is -2.17. The van der Waals surface area contributed by atoms with E-state index in [9.17, 15) is 0 Å². The van der Waals surface area contributed by atoms with Gasteiger partial charge in [-0.2, -0.15) is 0 Å². The van der Waals surface area contributed by atoms with Crippen molar-refractivity contribution in [2.45, 2.75) is 32.2 Å².